The topological polar surface area (TPSA) is 117 Å². The van der Waals surface area contributed by atoms with E-state index in [0.29, 0.717) is 16.5 Å². The SMILES string of the molecule is CN(CCOc1ccc(Cl)cc1)C(=O)[C@@H]1CC(=O)N[C@H](Cc2ccccc2)C(=O)N(C)CCOc2ccccc2C(=O)N1. The van der Waals surface area contributed by atoms with Gasteiger partial charge in [-0.15, -0.1) is 0 Å². The van der Waals surface area contributed by atoms with E-state index in [9.17, 15) is 19.2 Å². The fourth-order valence-electron chi connectivity index (χ4n) is 4.58. The summed E-state index contributed by atoms with van der Waals surface area (Å²) in [4.78, 5) is 56.6. The average molecular weight is 607 g/mol. The molecule has 4 rings (SSSR count). The molecule has 1 aliphatic heterocycles. The lowest BCUT2D eigenvalue weighted by atomic mass is 10.0. The molecular formula is C32H35ClN4O6. The van der Waals surface area contributed by atoms with Crippen LogP contribution in [-0.2, 0) is 20.8 Å². The van der Waals surface area contributed by atoms with E-state index in [0.717, 1.165) is 5.56 Å². The Labute approximate surface area is 255 Å². The number of amides is 4. The van der Waals surface area contributed by atoms with Crippen molar-refractivity contribution in [2.45, 2.75) is 24.9 Å². The van der Waals surface area contributed by atoms with Crippen LogP contribution >= 0.6 is 11.6 Å². The van der Waals surface area contributed by atoms with Gasteiger partial charge >= 0.3 is 0 Å². The van der Waals surface area contributed by atoms with Gasteiger partial charge in [0, 0.05) is 25.5 Å². The van der Waals surface area contributed by atoms with E-state index in [1.807, 2.05) is 30.3 Å². The number of benzene rings is 3. The molecule has 1 heterocycles. The first-order chi connectivity index (χ1) is 20.7. The summed E-state index contributed by atoms with van der Waals surface area (Å²) in [6.07, 6.45) is -0.120. The number of carbonyl (C=O) groups is 4. The molecule has 2 atom stereocenters. The zero-order chi connectivity index (χ0) is 30.8. The molecule has 4 amide bonds. The Bertz CT molecular complexity index is 1420. The van der Waals surface area contributed by atoms with Gasteiger partial charge in [-0.3, -0.25) is 19.2 Å². The summed E-state index contributed by atoms with van der Waals surface area (Å²) in [7, 11) is 3.20. The van der Waals surface area contributed by atoms with E-state index < -0.39 is 29.8 Å². The molecule has 0 spiro atoms. The highest BCUT2D eigenvalue weighted by molar-refractivity contribution is 6.30. The van der Waals surface area contributed by atoms with E-state index in [4.69, 9.17) is 21.1 Å². The van der Waals surface area contributed by atoms with Crippen molar-refractivity contribution >= 4 is 35.2 Å². The number of ether oxygens (including phenoxy) is 2. The summed E-state index contributed by atoms with van der Waals surface area (Å²) in [6.45, 7) is 0.722. The fourth-order valence-corrected chi connectivity index (χ4v) is 4.71. The maximum absolute atomic E-state index is 13.6. The number of nitrogens with one attached hydrogen (secondary N) is 2. The maximum Gasteiger partial charge on any atom is 0.255 e. The molecule has 2 N–H and O–H groups in total. The summed E-state index contributed by atoms with van der Waals surface area (Å²) in [5.41, 5.74) is 1.07. The van der Waals surface area contributed by atoms with Crippen molar-refractivity contribution in [1.29, 1.82) is 0 Å². The highest BCUT2D eigenvalue weighted by Crippen LogP contribution is 2.19. The van der Waals surface area contributed by atoms with Crippen LogP contribution in [0.4, 0.5) is 0 Å². The fraction of sp³-hybridized carbons (Fsp3) is 0.312. The number of fused-ring (bicyclic) bond motifs is 1. The monoisotopic (exact) mass is 606 g/mol. The van der Waals surface area contributed by atoms with Crippen molar-refractivity contribution in [3.63, 3.8) is 0 Å². The molecule has 11 heteroatoms. The van der Waals surface area contributed by atoms with Gasteiger partial charge < -0.3 is 29.9 Å². The normalized spacial score (nSPS) is 17.9. The predicted octanol–water partition coefficient (Wildman–Crippen LogP) is 2.94. The lowest BCUT2D eigenvalue weighted by molar-refractivity contribution is -0.137. The number of hydrogen-bond donors (Lipinski definition) is 2. The molecule has 0 bridgehead atoms. The molecular weight excluding hydrogens is 572 g/mol. The van der Waals surface area contributed by atoms with Crippen LogP contribution in [0.1, 0.15) is 22.3 Å². The van der Waals surface area contributed by atoms with E-state index in [1.165, 1.54) is 9.80 Å². The van der Waals surface area contributed by atoms with Gasteiger partial charge in [-0.1, -0.05) is 54.1 Å². The quantitative estimate of drug-likeness (QED) is 0.427. The van der Waals surface area contributed by atoms with Crippen molar-refractivity contribution in [1.82, 2.24) is 20.4 Å². The summed E-state index contributed by atoms with van der Waals surface area (Å²) in [5, 5.41) is 6.09. The Kier molecular flexibility index (Phi) is 11.0. The third kappa shape index (κ3) is 8.96. The van der Waals surface area contributed by atoms with Gasteiger partial charge in [0.25, 0.3) is 5.91 Å². The Hall–Kier alpha value is -4.57. The molecule has 10 nitrogen and oxygen atoms in total. The van der Waals surface area contributed by atoms with Gasteiger partial charge in [-0.2, -0.15) is 0 Å². The van der Waals surface area contributed by atoms with Crippen LogP contribution in [0.3, 0.4) is 0 Å². The van der Waals surface area contributed by atoms with E-state index in [-0.39, 0.29) is 50.6 Å². The van der Waals surface area contributed by atoms with Crippen LogP contribution in [0.2, 0.25) is 5.02 Å². The number of carbonyl (C=O) groups excluding carboxylic acids is 4. The van der Waals surface area contributed by atoms with Crippen molar-refractivity contribution in [3.05, 3.63) is 95.0 Å². The number of halogens is 1. The van der Waals surface area contributed by atoms with Crippen molar-refractivity contribution in [3.8, 4) is 11.5 Å². The van der Waals surface area contributed by atoms with Gasteiger partial charge in [-0.05, 0) is 42.0 Å². The first kappa shape index (κ1) is 31.4. The van der Waals surface area contributed by atoms with Crippen LogP contribution in [-0.4, -0.2) is 85.9 Å². The van der Waals surface area contributed by atoms with Crippen LogP contribution < -0.4 is 20.1 Å². The van der Waals surface area contributed by atoms with Gasteiger partial charge in [0.2, 0.25) is 17.7 Å². The van der Waals surface area contributed by atoms with Crippen molar-refractivity contribution in [2.24, 2.45) is 0 Å². The second kappa shape index (κ2) is 15.1. The second-order valence-electron chi connectivity index (χ2n) is 10.2. The number of likely N-dealkylation sites (N-methyl/N-ethyl adjacent to an activating group) is 2. The summed E-state index contributed by atoms with van der Waals surface area (Å²) >= 11 is 5.92. The van der Waals surface area contributed by atoms with Crippen molar-refractivity contribution in [2.75, 3.05) is 40.4 Å². The highest BCUT2D eigenvalue weighted by atomic mass is 35.5. The molecule has 0 unspecified atom stereocenters. The second-order valence-corrected chi connectivity index (χ2v) is 10.6. The largest absolute Gasteiger partial charge is 0.492 e. The molecule has 1 aliphatic rings. The van der Waals surface area contributed by atoms with Crippen molar-refractivity contribution < 1.29 is 28.7 Å². The minimum atomic E-state index is -1.21. The minimum Gasteiger partial charge on any atom is -0.492 e. The summed E-state index contributed by atoms with van der Waals surface area (Å²) < 4.78 is 11.6. The Balaban J connectivity index is 1.54. The molecule has 0 aromatic heterocycles. The molecule has 0 saturated carbocycles. The molecule has 0 aliphatic carbocycles. The van der Waals surface area contributed by atoms with Crippen LogP contribution in [0.5, 0.6) is 11.5 Å². The Morgan fingerprint density at radius 2 is 1.70 bits per heavy atom. The van der Waals surface area contributed by atoms with E-state index in [2.05, 4.69) is 10.6 Å². The molecule has 3 aromatic carbocycles. The molecule has 0 saturated heterocycles. The third-order valence-electron chi connectivity index (χ3n) is 6.99. The maximum atomic E-state index is 13.6. The van der Waals surface area contributed by atoms with Crippen LogP contribution in [0.15, 0.2) is 78.9 Å². The van der Waals surface area contributed by atoms with Crippen LogP contribution in [0, 0.1) is 0 Å². The zero-order valence-electron chi connectivity index (χ0n) is 24.1. The molecule has 3 aromatic rings. The molecule has 226 valence electrons. The Morgan fingerprint density at radius 3 is 2.44 bits per heavy atom. The van der Waals surface area contributed by atoms with E-state index >= 15 is 0 Å². The average Bonchev–Trinajstić information content (AvgIpc) is 3.00. The number of hydrogen-bond acceptors (Lipinski definition) is 6. The molecule has 0 fully saturated rings. The highest BCUT2D eigenvalue weighted by Gasteiger charge is 2.31. The first-order valence-corrected chi connectivity index (χ1v) is 14.3. The van der Waals surface area contributed by atoms with E-state index in [1.54, 1.807) is 62.6 Å². The number of rotatable bonds is 7. The van der Waals surface area contributed by atoms with Gasteiger partial charge in [0.1, 0.15) is 36.8 Å². The number of para-hydroxylation sites is 1. The standard InChI is InChI=1S/C32H35ClN4O6/c1-36(16-18-42-24-14-12-23(33)13-15-24)32(41)27-21-29(38)34-26(20-22-8-4-3-5-9-22)31(40)37(2)17-19-43-28-11-7-6-10-25(28)30(39)35-27/h3-15,26-27H,16-21H2,1-2H3,(H,34,38)(H,35,39)/t26-,27+/m1/s1. The molecule has 43 heavy (non-hydrogen) atoms. The van der Waals surface area contributed by atoms with Crippen LogP contribution in [0.25, 0.3) is 0 Å². The lowest BCUT2D eigenvalue weighted by Gasteiger charge is -2.28. The first-order valence-electron chi connectivity index (χ1n) is 14.0. The lowest BCUT2D eigenvalue weighted by Crippen LogP contribution is -2.53. The molecule has 0 radical (unpaired) electrons. The third-order valence-corrected chi connectivity index (χ3v) is 7.24. The number of nitrogens with zero attached hydrogens (tertiary/aromatic N) is 2. The van der Waals surface area contributed by atoms with Gasteiger partial charge in [0.05, 0.1) is 25.1 Å². The summed E-state index contributed by atoms with van der Waals surface area (Å²) in [6, 6.07) is 20.7. The summed E-state index contributed by atoms with van der Waals surface area (Å²) in [5.74, 6) is -0.999. The minimum absolute atomic E-state index is 0.122. The van der Waals surface area contributed by atoms with Gasteiger partial charge in [-0.25, -0.2) is 0 Å². The predicted molar refractivity (Wildman–Crippen MR) is 162 cm³/mol. The smallest absolute Gasteiger partial charge is 0.255 e. The zero-order valence-corrected chi connectivity index (χ0v) is 24.9. The van der Waals surface area contributed by atoms with Gasteiger partial charge in [0.15, 0.2) is 0 Å². The Morgan fingerprint density at radius 1 is 1.00 bits per heavy atom.